The van der Waals surface area contributed by atoms with Crippen molar-refractivity contribution in [1.82, 2.24) is 0 Å². The van der Waals surface area contributed by atoms with E-state index < -0.39 is 5.60 Å². The van der Waals surface area contributed by atoms with Gasteiger partial charge < -0.3 is 10.8 Å². The van der Waals surface area contributed by atoms with Crippen molar-refractivity contribution >= 4 is 0 Å². The second-order valence-corrected chi connectivity index (χ2v) is 3.87. The summed E-state index contributed by atoms with van der Waals surface area (Å²) in [5, 5.41) is 10.2. The van der Waals surface area contributed by atoms with Crippen molar-refractivity contribution < 1.29 is 5.11 Å². The fourth-order valence-electron chi connectivity index (χ4n) is 1.88. The van der Waals surface area contributed by atoms with Crippen LogP contribution in [0, 0.1) is 0 Å². The van der Waals surface area contributed by atoms with Crippen molar-refractivity contribution in [1.29, 1.82) is 0 Å². The molecule has 0 aromatic heterocycles. The van der Waals surface area contributed by atoms with Crippen molar-refractivity contribution in [3.05, 3.63) is 48.0 Å². The molecule has 0 radical (unpaired) electrons. The Kier molecular flexibility index (Phi) is 2.40. The van der Waals surface area contributed by atoms with Gasteiger partial charge in [0.05, 0.1) is 11.6 Å². The van der Waals surface area contributed by atoms with Gasteiger partial charge in [-0.05, 0) is 18.4 Å². The molecule has 1 aliphatic carbocycles. The van der Waals surface area contributed by atoms with Crippen molar-refractivity contribution in [2.75, 3.05) is 0 Å². The van der Waals surface area contributed by atoms with E-state index in [0.717, 1.165) is 5.56 Å². The Morgan fingerprint density at radius 2 is 1.71 bits per heavy atom. The van der Waals surface area contributed by atoms with Gasteiger partial charge in [0.15, 0.2) is 0 Å². The van der Waals surface area contributed by atoms with Gasteiger partial charge in [-0.3, -0.25) is 0 Å². The number of rotatable bonds is 2. The molecule has 0 amide bonds. The third-order valence-electron chi connectivity index (χ3n) is 2.85. The minimum absolute atomic E-state index is 0.293. The van der Waals surface area contributed by atoms with Crippen LogP contribution in [0.25, 0.3) is 0 Å². The van der Waals surface area contributed by atoms with Gasteiger partial charge in [-0.1, -0.05) is 42.5 Å². The summed E-state index contributed by atoms with van der Waals surface area (Å²) in [5.41, 5.74) is 6.27. The van der Waals surface area contributed by atoms with Crippen molar-refractivity contribution in [3.8, 4) is 0 Å². The number of hydrogen-bond donors (Lipinski definition) is 2. The molecule has 2 rings (SSSR count). The molecule has 1 atom stereocenters. The minimum Gasteiger partial charge on any atom is -0.387 e. The first-order chi connectivity index (χ1) is 6.72. The van der Waals surface area contributed by atoms with Crippen LogP contribution < -0.4 is 5.73 Å². The summed E-state index contributed by atoms with van der Waals surface area (Å²) in [6.45, 7) is 0. The number of hydrogen-bond acceptors (Lipinski definition) is 2. The van der Waals surface area contributed by atoms with E-state index in [0.29, 0.717) is 12.8 Å². The molecule has 0 spiro atoms. The zero-order chi connectivity index (χ0) is 10.0. The summed E-state index contributed by atoms with van der Waals surface area (Å²) >= 11 is 0. The summed E-state index contributed by atoms with van der Waals surface area (Å²) in [5.74, 6) is 0. The molecule has 1 aromatic carbocycles. The van der Waals surface area contributed by atoms with Gasteiger partial charge in [-0.25, -0.2) is 0 Å². The van der Waals surface area contributed by atoms with E-state index in [4.69, 9.17) is 5.73 Å². The fraction of sp³-hybridized carbons (Fsp3) is 0.333. The van der Waals surface area contributed by atoms with Gasteiger partial charge in [0, 0.05) is 0 Å². The molecule has 0 aliphatic heterocycles. The van der Waals surface area contributed by atoms with Gasteiger partial charge >= 0.3 is 0 Å². The molecule has 14 heavy (non-hydrogen) atoms. The Morgan fingerprint density at radius 1 is 1.14 bits per heavy atom. The molecule has 3 N–H and O–H groups in total. The molecular formula is C12H15NO. The first-order valence-electron chi connectivity index (χ1n) is 4.90. The summed E-state index contributed by atoms with van der Waals surface area (Å²) in [7, 11) is 0. The minimum atomic E-state index is -0.776. The third-order valence-corrected chi connectivity index (χ3v) is 2.85. The lowest BCUT2D eigenvalue weighted by molar-refractivity contribution is 0.0262. The second-order valence-electron chi connectivity index (χ2n) is 3.87. The molecule has 1 unspecified atom stereocenters. The molecule has 0 saturated heterocycles. The highest BCUT2D eigenvalue weighted by atomic mass is 16.3. The van der Waals surface area contributed by atoms with Crippen LogP contribution in [0.3, 0.4) is 0 Å². The first kappa shape index (κ1) is 9.44. The van der Waals surface area contributed by atoms with Crippen LogP contribution in [0.4, 0.5) is 0 Å². The Balaban J connectivity index is 2.20. The predicted molar refractivity (Wildman–Crippen MR) is 56.7 cm³/mol. The van der Waals surface area contributed by atoms with Crippen molar-refractivity contribution in [2.24, 2.45) is 5.73 Å². The van der Waals surface area contributed by atoms with E-state index in [1.54, 1.807) is 0 Å². The van der Waals surface area contributed by atoms with Gasteiger partial charge in [0.25, 0.3) is 0 Å². The first-order valence-corrected chi connectivity index (χ1v) is 4.90. The second kappa shape index (κ2) is 3.56. The maximum absolute atomic E-state index is 10.2. The van der Waals surface area contributed by atoms with E-state index in [1.807, 2.05) is 42.5 Å². The zero-order valence-electron chi connectivity index (χ0n) is 8.06. The highest BCUT2D eigenvalue weighted by Crippen LogP contribution is 2.34. The quantitative estimate of drug-likeness (QED) is 0.696. The molecule has 0 saturated carbocycles. The number of benzene rings is 1. The van der Waals surface area contributed by atoms with E-state index in [9.17, 15) is 5.11 Å². The van der Waals surface area contributed by atoms with Gasteiger partial charge in [0.2, 0.25) is 0 Å². The number of aliphatic hydroxyl groups is 1. The smallest absolute Gasteiger partial charge is 0.0907 e. The third kappa shape index (κ3) is 1.59. The molecule has 1 aliphatic rings. The predicted octanol–water partition coefficient (Wildman–Crippen LogP) is 1.77. The Labute approximate surface area is 84.1 Å². The summed E-state index contributed by atoms with van der Waals surface area (Å²) < 4.78 is 0. The summed E-state index contributed by atoms with van der Waals surface area (Å²) in [4.78, 5) is 0. The average molecular weight is 189 g/mol. The van der Waals surface area contributed by atoms with Crippen LogP contribution in [0.15, 0.2) is 42.5 Å². The van der Waals surface area contributed by atoms with E-state index in [-0.39, 0.29) is 6.04 Å². The lowest BCUT2D eigenvalue weighted by atomic mass is 9.87. The molecule has 1 aromatic rings. The molecule has 74 valence electrons. The average Bonchev–Trinajstić information content (AvgIpc) is 2.67. The Morgan fingerprint density at radius 3 is 2.29 bits per heavy atom. The summed E-state index contributed by atoms with van der Waals surface area (Å²) in [6, 6.07) is 9.47. The molecule has 0 bridgehead atoms. The Hall–Kier alpha value is -1.12. The van der Waals surface area contributed by atoms with Crippen molar-refractivity contribution in [2.45, 2.75) is 24.5 Å². The molecular weight excluding hydrogens is 174 g/mol. The van der Waals surface area contributed by atoms with Crippen LogP contribution in [0.2, 0.25) is 0 Å². The highest BCUT2D eigenvalue weighted by molar-refractivity contribution is 5.24. The van der Waals surface area contributed by atoms with Gasteiger partial charge in [-0.15, -0.1) is 0 Å². The highest BCUT2D eigenvalue weighted by Gasteiger charge is 2.35. The largest absolute Gasteiger partial charge is 0.387 e. The van der Waals surface area contributed by atoms with E-state index >= 15 is 0 Å². The molecule has 0 fully saturated rings. The van der Waals surface area contributed by atoms with E-state index in [2.05, 4.69) is 0 Å². The maximum Gasteiger partial charge on any atom is 0.0907 e. The zero-order valence-corrected chi connectivity index (χ0v) is 8.06. The lowest BCUT2D eigenvalue weighted by Gasteiger charge is -2.29. The molecule has 2 heteroatoms. The van der Waals surface area contributed by atoms with Crippen LogP contribution in [0.1, 0.15) is 24.4 Å². The normalized spacial score (nSPS) is 21.0. The molecule has 0 heterocycles. The molecule has 2 nitrogen and oxygen atoms in total. The van der Waals surface area contributed by atoms with Crippen LogP contribution in [-0.2, 0) is 0 Å². The Bertz CT molecular complexity index is 323. The lowest BCUT2D eigenvalue weighted by Crippen LogP contribution is -2.38. The van der Waals surface area contributed by atoms with Gasteiger partial charge in [0.1, 0.15) is 0 Å². The van der Waals surface area contributed by atoms with Crippen LogP contribution >= 0.6 is 0 Å². The topological polar surface area (TPSA) is 46.2 Å². The van der Waals surface area contributed by atoms with E-state index in [1.165, 1.54) is 0 Å². The number of nitrogens with two attached hydrogens (primary N) is 1. The van der Waals surface area contributed by atoms with Gasteiger partial charge in [-0.2, -0.15) is 0 Å². The summed E-state index contributed by atoms with van der Waals surface area (Å²) in [6.07, 6.45) is 5.29. The standard InChI is InChI=1S/C12H15NO/c13-11(10-6-2-1-3-7-10)12(14)8-4-5-9-12/h1-7,11,14H,8-9,13H2. The van der Waals surface area contributed by atoms with Crippen LogP contribution in [-0.4, -0.2) is 10.7 Å². The monoisotopic (exact) mass is 189 g/mol. The maximum atomic E-state index is 10.2. The fourth-order valence-corrected chi connectivity index (χ4v) is 1.88. The van der Waals surface area contributed by atoms with Crippen molar-refractivity contribution in [3.63, 3.8) is 0 Å². The van der Waals surface area contributed by atoms with Crippen LogP contribution in [0.5, 0.6) is 0 Å². The SMILES string of the molecule is NC(c1ccccc1)C1(O)CC=CC1.